The van der Waals surface area contributed by atoms with Crippen molar-refractivity contribution < 1.29 is 9.59 Å². The predicted molar refractivity (Wildman–Crippen MR) is 177 cm³/mol. The average molecular weight is 596 g/mol. The second-order valence-electron chi connectivity index (χ2n) is 11.6. The zero-order chi connectivity index (χ0) is 31.2. The van der Waals surface area contributed by atoms with Gasteiger partial charge in [-0.05, 0) is 71.0 Å². The molecule has 0 saturated heterocycles. The van der Waals surface area contributed by atoms with Crippen molar-refractivity contribution in [1.29, 1.82) is 0 Å². The minimum Gasteiger partial charge on any atom is -0.336 e. The second-order valence-corrected chi connectivity index (χ2v) is 11.6. The SMILES string of the molecule is Cc1cc(C=CC(=O)N(Cc2ccc(-c3ccncc3)cc2)C(Cc2ccccc2)C(=O)N2CCc3ccccc3C2)n(C)n1. The van der Waals surface area contributed by atoms with E-state index in [9.17, 15) is 9.59 Å². The fourth-order valence-electron chi connectivity index (χ4n) is 5.99. The van der Waals surface area contributed by atoms with Crippen LogP contribution in [0.3, 0.4) is 0 Å². The van der Waals surface area contributed by atoms with Gasteiger partial charge in [0.05, 0.1) is 11.4 Å². The standard InChI is InChI=1S/C38H37N5O2/c1-28-24-35(41(2)40-28)16-17-37(44)43(26-30-12-14-32(15-13-30)33-18-21-39-22-19-33)36(25-29-8-4-3-5-9-29)38(45)42-23-20-31-10-6-7-11-34(31)27-42/h3-19,21-22,24,36H,20,23,25-27H2,1-2H3. The van der Waals surface area contributed by atoms with Crippen molar-refractivity contribution in [3.05, 3.63) is 149 Å². The van der Waals surface area contributed by atoms with Gasteiger partial charge in [-0.2, -0.15) is 5.10 Å². The highest BCUT2D eigenvalue weighted by Gasteiger charge is 2.34. The highest BCUT2D eigenvalue weighted by molar-refractivity contribution is 5.95. The summed E-state index contributed by atoms with van der Waals surface area (Å²) in [6.07, 6.45) is 8.11. The normalized spacial score (nSPS) is 13.4. The van der Waals surface area contributed by atoms with Gasteiger partial charge in [0.2, 0.25) is 11.8 Å². The molecule has 5 aromatic rings. The molecule has 0 saturated carbocycles. The Morgan fingerprint density at radius 2 is 1.56 bits per heavy atom. The van der Waals surface area contributed by atoms with Crippen LogP contribution in [0.1, 0.15) is 33.6 Å². The highest BCUT2D eigenvalue weighted by Crippen LogP contribution is 2.24. The average Bonchev–Trinajstić information content (AvgIpc) is 3.41. The molecule has 3 heterocycles. The lowest BCUT2D eigenvalue weighted by Gasteiger charge is -2.37. The number of pyridine rings is 1. The van der Waals surface area contributed by atoms with Gasteiger partial charge in [0, 0.05) is 51.6 Å². The van der Waals surface area contributed by atoms with Crippen molar-refractivity contribution in [1.82, 2.24) is 24.6 Å². The van der Waals surface area contributed by atoms with E-state index in [1.807, 2.05) is 91.7 Å². The number of rotatable bonds is 9. The van der Waals surface area contributed by atoms with Gasteiger partial charge < -0.3 is 9.80 Å². The number of hydrogen-bond donors (Lipinski definition) is 0. The number of fused-ring (bicyclic) bond motifs is 1. The number of amides is 2. The summed E-state index contributed by atoms with van der Waals surface area (Å²) in [5, 5.41) is 4.41. The van der Waals surface area contributed by atoms with Crippen molar-refractivity contribution in [3.63, 3.8) is 0 Å². The molecule has 3 aromatic carbocycles. The zero-order valence-corrected chi connectivity index (χ0v) is 25.7. The fourth-order valence-corrected chi connectivity index (χ4v) is 5.99. The molecular formula is C38H37N5O2. The third-order valence-corrected chi connectivity index (χ3v) is 8.41. The Kier molecular flexibility index (Phi) is 8.96. The van der Waals surface area contributed by atoms with Gasteiger partial charge in [-0.15, -0.1) is 0 Å². The zero-order valence-electron chi connectivity index (χ0n) is 25.7. The molecule has 0 aliphatic carbocycles. The van der Waals surface area contributed by atoms with E-state index in [0.717, 1.165) is 45.6 Å². The summed E-state index contributed by atoms with van der Waals surface area (Å²) >= 11 is 0. The van der Waals surface area contributed by atoms with Crippen molar-refractivity contribution >= 4 is 17.9 Å². The molecule has 0 N–H and O–H groups in total. The molecule has 7 heteroatoms. The van der Waals surface area contributed by atoms with E-state index < -0.39 is 6.04 Å². The fraction of sp³-hybridized carbons (Fsp3) is 0.211. The maximum absolute atomic E-state index is 14.5. The summed E-state index contributed by atoms with van der Waals surface area (Å²) < 4.78 is 1.75. The molecule has 1 aliphatic rings. The van der Waals surface area contributed by atoms with Gasteiger partial charge in [0.15, 0.2) is 0 Å². The molecule has 7 nitrogen and oxygen atoms in total. The summed E-state index contributed by atoms with van der Waals surface area (Å²) in [5.74, 6) is -0.265. The molecule has 0 fully saturated rings. The van der Waals surface area contributed by atoms with E-state index in [2.05, 4.69) is 34.3 Å². The number of carbonyl (C=O) groups is 2. The minimum atomic E-state index is -0.692. The van der Waals surface area contributed by atoms with Gasteiger partial charge in [0.1, 0.15) is 6.04 Å². The number of hydrogen-bond acceptors (Lipinski definition) is 4. The van der Waals surface area contributed by atoms with E-state index in [-0.39, 0.29) is 18.4 Å². The minimum absolute atomic E-state index is 0.0418. The van der Waals surface area contributed by atoms with Crippen LogP contribution in [0, 0.1) is 6.92 Å². The van der Waals surface area contributed by atoms with E-state index in [1.165, 1.54) is 5.56 Å². The smallest absolute Gasteiger partial charge is 0.247 e. The van der Waals surface area contributed by atoms with Gasteiger partial charge in [0.25, 0.3) is 0 Å². The van der Waals surface area contributed by atoms with Crippen LogP contribution >= 0.6 is 0 Å². The molecule has 0 radical (unpaired) electrons. The third-order valence-electron chi connectivity index (χ3n) is 8.41. The first-order chi connectivity index (χ1) is 21.9. The monoisotopic (exact) mass is 595 g/mol. The molecular weight excluding hydrogens is 558 g/mol. The maximum atomic E-state index is 14.5. The van der Waals surface area contributed by atoms with Crippen molar-refractivity contribution in [2.45, 2.75) is 38.9 Å². The molecule has 0 spiro atoms. The summed E-state index contributed by atoms with van der Waals surface area (Å²) in [4.78, 5) is 36.5. The topological polar surface area (TPSA) is 71.3 Å². The molecule has 6 rings (SSSR count). The van der Waals surface area contributed by atoms with Crippen molar-refractivity contribution in [2.75, 3.05) is 6.54 Å². The Bertz CT molecular complexity index is 1800. The molecule has 1 atom stereocenters. The Morgan fingerprint density at radius 3 is 2.27 bits per heavy atom. The van der Waals surface area contributed by atoms with Gasteiger partial charge in [-0.25, -0.2) is 0 Å². The van der Waals surface area contributed by atoms with Gasteiger partial charge in [-0.3, -0.25) is 19.3 Å². The molecule has 1 unspecified atom stereocenters. The van der Waals surface area contributed by atoms with Crippen LogP contribution in [0.2, 0.25) is 0 Å². The van der Waals surface area contributed by atoms with Crippen LogP contribution in [0.15, 0.2) is 116 Å². The van der Waals surface area contributed by atoms with Gasteiger partial charge >= 0.3 is 0 Å². The molecule has 2 aromatic heterocycles. The third kappa shape index (κ3) is 7.10. The Hall–Kier alpha value is -5.30. The van der Waals surface area contributed by atoms with E-state index in [4.69, 9.17) is 0 Å². The van der Waals surface area contributed by atoms with E-state index in [0.29, 0.717) is 19.5 Å². The van der Waals surface area contributed by atoms with Crippen molar-refractivity contribution in [2.24, 2.45) is 7.05 Å². The Balaban J connectivity index is 1.35. The van der Waals surface area contributed by atoms with Crippen LogP contribution in [0.5, 0.6) is 0 Å². The summed E-state index contributed by atoms with van der Waals surface area (Å²) in [6.45, 7) is 3.37. The largest absolute Gasteiger partial charge is 0.336 e. The second kappa shape index (κ2) is 13.6. The summed E-state index contributed by atoms with van der Waals surface area (Å²) in [5.41, 5.74) is 8.21. The number of benzene rings is 3. The number of nitrogens with zero attached hydrogens (tertiary/aromatic N) is 5. The highest BCUT2D eigenvalue weighted by atomic mass is 16.2. The lowest BCUT2D eigenvalue weighted by atomic mass is 9.97. The first-order valence-electron chi connectivity index (χ1n) is 15.3. The van der Waals surface area contributed by atoms with Crippen LogP contribution < -0.4 is 0 Å². The molecule has 0 bridgehead atoms. The van der Waals surface area contributed by atoms with Crippen LogP contribution in [-0.4, -0.2) is 49.0 Å². The summed E-state index contributed by atoms with van der Waals surface area (Å²) in [6, 6.07) is 31.6. The lowest BCUT2D eigenvalue weighted by molar-refractivity contribution is -0.144. The van der Waals surface area contributed by atoms with Gasteiger partial charge in [-0.1, -0.05) is 78.9 Å². The van der Waals surface area contributed by atoms with Crippen LogP contribution in [0.4, 0.5) is 0 Å². The molecule has 1 aliphatic heterocycles. The Morgan fingerprint density at radius 1 is 0.867 bits per heavy atom. The first-order valence-corrected chi connectivity index (χ1v) is 15.3. The molecule has 226 valence electrons. The quantitative estimate of drug-likeness (QED) is 0.195. The summed E-state index contributed by atoms with van der Waals surface area (Å²) in [7, 11) is 1.86. The molecule has 2 amide bonds. The maximum Gasteiger partial charge on any atom is 0.247 e. The predicted octanol–water partition coefficient (Wildman–Crippen LogP) is 6.03. The van der Waals surface area contributed by atoms with E-state index in [1.54, 1.807) is 34.1 Å². The lowest BCUT2D eigenvalue weighted by Crippen LogP contribution is -2.52. The number of carbonyl (C=O) groups excluding carboxylic acids is 2. The van der Waals surface area contributed by atoms with Crippen molar-refractivity contribution in [3.8, 4) is 11.1 Å². The van der Waals surface area contributed by atoms with Crippen LogP contribution in [0.25, 0.3) is 17.2 Å². The van der Waals surface area contributed by atoms with Crippen LogP contribution in [-0.2, 0) is 42.6 Å². The number of aryl methyl sites for hydroxylation is 2. The number of aromatic nitrogens is 3. The Labute approximate surface area is 264 Å². The van der Waals surface area contributed by atoms with E-state index >= 15 is 0 Å². The molecule has 45 heavy (non-hydrogen) atoms. The first kappa shape index (κ1) is 29.8.